The fraction of sp³-hybridized carbons (Fsp3) is 0.286. The fourth-order valence-electron chi connectivity index (χ4n) is 3.32. The lowest BCUT2D eigenvalue weighted by molar-refractivity contribution is 0.594. The van der Waals surface area contributed by atoms with E-state index in [9.17, 15) is 8.42 Å². The Hall–Kier alpha value is -3.00. The molecule has 0 aliphatic rings. The van der Waals surface area contributed by atoms with Crippen LogP contribution in [0.2, 0.25) is 0 Å². The van der Waals surface area contributed by atoms with Gasteiger partial charge in [0, 0.05) is 13.0 Å². The van der Waals surface area contributed by atoms with E-state index >= 15 is 0 Å². The zero-order valence-corrected chi connectivity index (χ0v) is 17.9. The highest BCUT2D eigenvalue weighted by Gasteiger charge is 2.27. The van der Waals surface area contributed by atoms with Crippen molar-refractivity contribution in [2.75, 3.05) is 11.4 Å². The van der Waals surface area contributed by atoms with Gasteiger partial charge in [0.1, 0.15) is 5.82 Å². The van der Waals surface area contributed by atoms with Crippen molar-refractivity contribution in [1.82, 2.24) is 19.6 Å². The van der Waals surface area contributed by atoms with Crippen molar-refractivity contribution in [3.63, 3.8) is 0 Å². The van der Waals surface area contributed by atoms with E-state index in [1.807, 2.05) is 62.4 Å². The van der Waals surface area contributed by atoms with E-state index in [4.69, 9.17) is 0 Å². The maximum atomic E-state index is 13.3. The Labute approximate surface area is 170 Å². The second kappa shape index (κ2) is 6.81. The first-order valence-corrected chi connectivity index (χ1v) is 10.9. The van der Waals surface area contributed by atoms with Crippen LogP contribution >= 0.6 is 0 Å². The van der Waals surface area contributed by atoms with Gasteiger partial charge in [0.2, 0.25) is 5.65 Å². The molecule has 150 valence electrons. The highest BCUT2D eigenvalue weighted by Crippen LogP contribution is 2.29. The van der Waals surface area contributed by atoms with Gasteiger partial charge in [-0.2, -0.15) is 0 Å². The normalized spacial score (nSPS) is 12.2. The van der Waals surface area contributed by atoms with Gasteiger partial charge >= 0.3 is 0 Å². The molecule has 0 aliphatic carbocycles. The van der Waals surface area contributed by atoms with Gasteiger partial charge in [-0.15, -0.1) is 10.2 Å². The molecule has 2 heterocycles. The van der Waals surface area contributed by atoms with Gasteiger partial charge in [-0.05, 0) is 49.2 Å². The Morgan fingerprint density at radius 1 is 1.00 bits per heavy atom. The molecule has 0 bridgehead atoms. The van der Waals surface area contributed by atoms with Crippen molar-refractivity contribution in [2.45, 2.75) is 38.5 Å². The first kappa shape index (κ1) is 19.3. The predicted octanol–water partition coefficient (Wildman–Crippen LogP) is 3.84. The first-order chi connectivity index (χ1) is 13.7. The smallest absolute Gasteiger partial charge is 0.265 e. The van der Waals surface area contributed by atoms with Crippen molar-refractivity contribution < 1.29 is 8.42 Å². The topological polar surface area (TPSA) is 80.5 Å². The molecule has 0 radical (unpaired) electrons. The van der Waals surface area contributed by atoms with Crippen LogP contribution in [-0.2, 0) is 10.0 Å². The summed E-state index contributed by atoms with van der Waals surface area (Å²) in [4.78, 5) is 4.85. The number of anilines is 1. The summed E-state index contributed by atoms with van der Waals surface area (Å²) >= 11 is 0. The van der Waals surface area contributed by atoms with Crippen molar-refractivity contribution in [3.05, 3.63) is 59.4 Å². The molecule has 0 fully saturated rings. The van der Waals surface area contributed by atoms with E-state index in [0.717, 1.165) is 22.5 Å². The molecule has 2 aromatic carbocycles. The molecule has 0 N–H and O–H groups in total. The number of hydrogen-bond acceptors (Lipinski definition) is 5. The maximum Gasteiger partial charge on any atom is 0.265 e. The summed E-state index contributed by atoms with van der Waals surface area (Å²) in [6, 6.07) is 12.7. The molecule has 29 heavy (non-hydrogen) atoms. The minimum absolute atomic E-state index is 0.116. The summed E-state index contributed by atoms with van der Waals surface area (Å²) in [7, 11) is -2.31. The van der Waals surface area contributed by atoms with Crippen LogP contribution < -0.4 is 4.31 Å². The third kappa shape index (κ3) is 3.04. The second-order valence-electron chi connectivity index (χ2n) is 7.51. The van der Waals surface area contributed by atoms with Crippen molar-refractivity contribution in [2.24, 2.45) is 0 Å². The van der Waals surface area contributed by atoms with E-state index in [-0.39, 0.29) is 16.6 Å². The van der Waals surface area contributed by atoms with Gasteiger partial charge in [0.15, 0.2) is 5.82 Å². The van der Waals surface area contributed by atoms with Gasteiger partial charge in [0.05, 0.1) is 15.9 Å². The third-order valence-corrected chi connectivity index (χ3v) is 6.93. The number of benzene rings is 2. The third-order valence-electron chi connectivity index (χ3n) is 5.19. The average molecular weight is 410 g/mol. The zero-order chi connectivity index (χ0) is 20.9. The van der Waals surface area contributed by atoms with Crippen molar-refractivity contribution in [3.8, 4) is 0 Å². The summed E-state index contributed by atoms with van der Waals surface area (Å²) in [5.74, 6) is 1.13. The molecular formula is C21H23N5O2S. The molecule has 0 atom stereocenters. The van der Waals surface area contributed by atoms with Gasteiger partial charge in [-0.1, -0.05) is 32.0 Å². The van der Waals surface area contributed by atoms with Crippen LogP contribution in [0.4, 0.5) is 5.82 Å². The van der Waals surface area contributed by atoms with Crippen LogP contribution in [0.1, 0.15) is 36.7 Å². The Balaban J connectivity index is 1.98. The molecule has 8 heteroatoms. The highest BCUT2D eigenvalue weighted by atomic mass is 32.2. The van der Waals surface area contributed by atoms with Crippen LogP contribution in [-0.4, -0.2) is 35.0 Å². The lowest BCUT2D eigenvalue weighted by Crippen LogP contribution is -2.28. The Kier molecular flexibility index (Phi) is 4.53. The summed E-state index contributed by atoms with van der Waals surface area (Å²) in [6.45, 7) is 7.91. The van der Waals surface area contributed by atoms with Crippen LogP contribution in [0.25, 0.3) is 16.7 Å². The molecule has 0 amide bonds. The predicted molar refractivity (Wildman–Crippen MR) is 114 cm³/mol. The van der Waals surface area contributed by atoms with E-state index in [1.165, 1.54) is 11.4 Å². The molecule has 0 spiro atoms. The number of para-hydroxylation sites is 2. The second-order valence-corrected chi connectivity index (χ2v) is 9.48. The summed E-state index contributed by atoms with van der Waals surface area (Å²) in [6.07, 6.45) is 0. The van der Waals surface area contributed by atoms with E-state index in [1.54, 1.807) is 12.1 Å². The van der Waals surface area contributed by atoms with Gasteiger partial charge in [-0.25, -0.2) is 17.7 Å². The lowest BCUT2D eigenvalue weighted by atomic mass is 10.1. The number of hydrogen-bond donors (Lipinski definition) is 0. The summed E-state index contributed by atoms with van der Waals surface area (Å²) < 4.78 is 29.8. The molecule has 2 aromatic heterocycles. The lowest BCUT2D eigenvalue weighted by Gasteiger charge is -2.20. The molecule has 4 aromatic rings. The standard InChI is InChI=1S/C21H23N5O2S/c1-13(2)19-23-24-21-20(22-17-8-6-7-9-18(17)26(19)21)25(5)29(27,28)16-11-10-14(3)15(4)12-16/h6-13H,1-5H3. The van der Waals surface area contributed by atoms with Crippen molar-refractivity contribution >= 4 is 32.5 Å². The van der Waals surface area contributed by atoms with Gasteiger partial charge in [0.25, 0.3) is 10.0 Å². The summed E-state index contributed by atoms with van der Waals surface area (Å²) in [5, 5.41) is 8.61. The van der Waals surface area contributed by atoms with E-state index in [2.05, 4.69) is 15.2 Å². The number of rotatable bonds is 4. The number of aryl methyl sites for hydroxylation is 2. The first-order valence-electron chi connectivity index (χ1n) is 9.41. The number of nitrogens with zero attached hydrogens (tertiary/aromatic N) is 5. The SMILES string of the molecule is Cc1ccc(S(=O)(=O)N(C)c2nc3ccccc3n3c(C(C)C)nnc23)cc1C. The number of aromatic nitrogens is 4. The van der Waals surface area contributed by atoms with E-state index in [0.29, 0.717) is 11.2 Å². The Bertz CT molecular complexity index is 1340. The number of fused-ring (bicyclic) bond motifs is 3. The minimum Gasteiger partial charge on any atom is -0.274 e. The van der Waals surface area contributed by atoms with E-state index < -0.39 is 10.0 Å². The van der Waals surface area contributed by atoms with Gasteiger partial charge in [-0.3, -0.25) is 4.40 Å². The molecule has 0 aliphatic heterocycles. The average Bonchev–Trinajstić information content (AvgIpc) is 3.14. The molecule has 0 unspecified atom stereocenters. The molecule has 7 nitrogen and oxygen atoms in total. The maximum absolute atomic E-state index is 13.3. The van der Waals surface area contributed by atoms with Crippen molar-refractivity contribution in [1.29, 1.82) is 0 Å². The number of sulfonamides is 1. The van der Waals surface area contributed by atoms with Crippen LogP contribution in [0.5, 0.6) is 0 Å². The highest BCUT2D eigenvalue weighted by molar-refractivity contribution is 7.92. The van der Waals surface area contributed by atoms with Crippen LogP contribution in [0.3, 0.4) is 0 Å². The zero-order valence-electron chi connectivity index (χ0n) is 17.1. The molecule has 0 saturated heterocycles. The minimum atomic E-state index is -3.81. The summed E-state index contributed by atoms with van der Waals surface area (Å²) in [5.41, 5.74) is 3.90. The molecular weight excluding hydrogens is 386 g/mol. The van der Waals surface area contributed by atoms with Crippen LogP contribution in [0, 0.1) is 13.8 Å². The fourth-order valence-corrected chi connectivity index (χ4v) is 4.55. The van der Waals surface area contributed by atoms with Gasteiger partial charge < -0.3 is 0 Å². The molecule has 4 rings (SSSR count). The Morgan fingerprint density at radius 3 is 2.41 bits per heavy atom. The quantitative estimate of drug-likeness (QED) is 0.511. The largest absolute Gasteiger partial charge is 0.274 e. The van der Waals surface area contributed by atoms with Crippen LogP contribution in [0.15, 0.2) is 47.4 Å². The monoisotopic (exact) mass is 409 g/mol. The Morgan fingerprint density at radius 2 is 1.72 bits per heavy atom. The molecule has 0 saturated carbocycles.